The first-order valence-corrected chi connectivity index (χ1v) is 6.95. The molecule has 0 saturated carbocycles. The highest BCUT2D eigenvalue weighted by Gasteiger charge is 2.14. The summed E-state index contributed by atoms with van der Waals surface area (Å²) < 4.78 is 10.5. The van der Waals surface area contributed by atoms with Gasteiger partial charge in [0.15, 0.2) is 11.5 Å². The van der Waals surface area contributed by atoms with Gasteiger partial charge in [0.05, 0.1) is 13.7 Å². The Kier molecular flexibility index (Phi) is 6.98. The van der Waals surface area contributed by atoms with Crippen molar-refractivity contribution in [3.05, 3.63) is 18.2 Å². The van der Waals surface area contributed by atoms with Crippen molar-refractivity contribution in [3.8, 4) is 11.5 Å². The fourth-order valence-corrected chi connectivity index (χ4v) is 1.68. The number of aliphatic hydroxyl groups excluding tert-OH is 1. The average molecular weight is 296 g/mol. The number of hydrogen-bond acceptors (Lipinski definition) is 5. The lowest BCUT2D eigenvalue weighted by molar-refractivity contribution is -0.116. The number of methoxy groups -OCH3 is 1. The zero-order valence-electron chi connectivity index (χ0n) is 12.8. The minimum Gasteiger partial charge on any atom is -0.493 e. The highest BCUT2D eigenvalue weighted by molar-refractivity contribution is 5.91. The summed E-state index contributed by atoms with van der Waals surface area (Å²) in [5, 5.41) is 11.6. The van der Waals surface area contributed by atoms with E-state index in [2.05, 4.69) is 5.32 Å². The van der Waals surface area contributed by atoms with Crippen molar-refractivity contribution in [3.63, 3.8) is 0 Å². The molecule has 0 aromatic heterocycles. The van der Waals surface area contributed by atoms with Gasteiger partial charge in [0, 0.05) is 24.2 Å². The van der Waals surface area contributed by atoms with Crippen molar-refractivity contribution >= 4 is 11.6 Å². The van der Waals surface area contributed by atoms with Crippen LogP contribution in [-0.4, -0.2) is 37.4 Å². The van der Waals surface area contributed by atoms with Gasteiger partial charge < -0.3 is 25.6 Å². The van der Waals surface area contributed by atoms with Gasteiger partial charge in [0.2, 0.25) is 5.91 Å². The zero-order chi connectivity index (χ0) is 15.8. The largest absolute Gasteiger partial charge is 0.493 e. The number of nitrogens with two attached hydrogens (primary N) is 1. The highest BCUT2D eigenvalue weighted by atomic mass is 16.5. The Morgan fingerprint density at radius 2 is 2.10 bits per heavy atom. The van der Waals surface area contributed by atoms with Crippen LogP contribution in [0, 0.1) is 5.92 Å². The molecule has 1 atom stereocenters. The summed E-state index contributed by atoms with van der Waals surface area (Å²) in [5.74, 6) is 1.11. The number of aliphatic hydroxyl groups is 1. The van der Waals surface area contributed by atoms with Crippen molar-refractivity contribution in [1.82, 2.24) is 0 Å². The second-order valence-electron chi connectivity index (χ2n) is 5.10. The normalized spacial score (nSPS) is 12.1. The maximum atomic E-state index is 11.9. The van der Waals surface area contributed by atoms with Crippen molar-refractivity contribution in [1.29, 1.82) is 0 Å². The lowest BCUT2D eigenvalue weighted by Crippen LogP contribution is -2.31. The van der Waals surface area contributed by atoms with Gasteiger partial charge in [-0.05, 0) is 18.1 Å². The van der Waals surface area contributed by atoms with Crippen LogP contribution in [0.25, 0.3) is 0 Å². The van der Waals surface area contributed by atoms with E-state index in [1.54, 1.807) is 18.2 Å². The molecule has 0 bridgehead atoms. The van der Waals surface area contributed by atoms with Gasteiger partial charge in [-0.25, -0.2) is 0 Å². The maximum Gasteiger partial charge on any atom is 0.225 e. The van der Waals surface area contributed by atoms with E-state index in [4.69, 9.17) is 20.3 Å². The number of carbonyl (C=O) groups excluding carboxylic acids is 1. The van der Waals surface area contributed by atoms with Crippen LogP contribution >= 0.6 is 0 Å². The van der Waals surface area contributed by atoms with Crippen LogP contribution in [0.4, 0.5) is 5.69 Å². The molecule has 1 rings (SSSR count). The lowest BCUT2D eigenvalue weighted by atomic mass is 10.0. The third-order valence-electron chi connectivity index (χ3n) is 3.07. The van der Waals surface area contributed by atoms with Crippen molar-refractivity contribution in [2.24, 2.45) is 11.7 Å². The maximum absolute atomic E-state index is 11.9. The van der Waals surface area contributed by atoms with Crippen LogP contribution < -0.4 is 20.5 Å². The van der Waals surface area contributed by atoms with E-state index in [0.717, 1.165) is 0 Å². The van der Waals surface area contributed by atoms with Gasteiger partial charge in [-0.1, -0.05) is 13.8 Å². The molecular weight excluding hydrogens is 272 g/mol. The summed E-state index contributed by atoms with van der Waals surface area (Å²) in [4.78, 5) is 11.9. The first kappa shape index (κ1) is 17.3. The van der Waals surface area contributed by atoms with Gasteiger partial charge in [-0.3, -0.25) is 4.79 Å². The Hall–Kier alpha value is -1.79. The van der Waals surface area contributed by atoms with Crippen LogP contribution in [0.5, 0.6) is 11.5 Å². The molecule has 1 aromatic carbocycles. The van der Waals surface area contributed by atoms with Crippen LogP contribution in [0.3, 0.4) is 0 Å². The summed E-state index contributed by atoms with van der Waals surface area (Å²) >= 11 is 0. The Balaban J connectivity index is 2.72. The fraction of sp³-hybridized carbons (Fsp3) is 0.533. The Bertz CT molecular complexity index is 463. The first-order chi connectivity index (χ1) is 9.97. The molecule has 1 amide bonds. The third-order valence-corrected chi connectivity index (χ3v) is 3.07. The minimum absolute atomic E-state index is 0.0943. The number of amides is 1. The van der Waals surface area contributed by atoms with Crippen LogP contribution in [0.1, 0.15) is 20.3 Å². The smallest absolute Gasteiger partial charge is 0.225 e. The first-order valence-electron chi connectivity index (χ1n) is 6.95. The average Bonchev–Trinajstić information content (AvgIpc) is 2.44. The number of benzene rings is 1. The molecule has 1 unspecified atom stereocenters. The molecule has 0 spiro atoms. The van der Waals surface area contributed by atoms with Crippen LogP contribution in [-0.2, 0) is 4.79 Å². The summed E-state index contributed by atoms with van der Waals surface area (Å²) in [6.07, 6.45) is 0.260. The topological polar surface area (TPSA) is 93.8 Å². The zero-order valence-corrected chi connectivity index (χ0v) is 12.8. The molecule has 6 nitrogen and oxygen atoms in total. The van der Waals surface area contributed by atoms with Crippen LogP contribution in [0.15, 0.2) is 18.2 Å². The Labute approximate surface area is 125 Å². The van der Waals surface area contributed by atoms with Gasteiger partial charge in [-0.15, -0.1) is 0 Å². The predicted molar refractivity (Wildman–Crippen MR) is 81.6 cm³/mol. The van der Waals surface area contributed by atoms with Crippen molar-refractivity contribution in [2.45, 2.75) is 26.3 Å². The van der Waals surface area contributed by atoms with Crippen LogP contribution in [0.2, 0.25) is 0 Å². The second kappa shape index (κ2) is 8.49. The summed E-state index contributed by atoms with van der Waals surface area (Å²) in [7, 11) is 1.53. The number of rotatable bonds is 8. The molecule has 0 fully saturated rings. The van der Waals surface area contributed by atoms with Gasteiger partial charge in [0.25, 0.3) is 0 Å². The predicted octanol–water partition coefficient (Wildman–Crippen LogP) is 1.38. The molecule has 0 aliphatic heterocycles. The number of hydrogen-bond donors (Lipinski definition) is 3. The third kappa shape index (κ3) is 5.61. The Morgan fingerprint density at radius 3 is 2.67 bits per heavy atom. The SMILES string of the molecule is COc1ccc(NC(=O)CC(N)C(C)C)cc1OCCO. The summed E-state index contributed by atoms with van der Waals surface area (Å²) in [6, 6.07) is 4.91. The molecule has 0 aliphatic rings. The van der Waals surface area contributed by atoms with Gasteiger partial charge in [0.1, 0.15) is 6.61 Å². The van der Waals surface area contributed by atoms with E-state index >= 15 is 0 Å². The van der Waals surface area contributed by atoms with Crippen molar-refractivity contribution in [2.75, 3.05) is 25.6 Å². The van der Waals surface area contributed by atoms with E-state index in [1.165, 1.54) is 7.11 Å². The summed E-state index contributed by atoms with van der Waals surface area (Å²) in [5.41, 5.74) is 6.48. The van der Waals surface area contributed by atoms with Gasteiger partial charge >= 0.3 is 0 Å². The van der Waals surface area contributed by atoms with E-state index < -0.39 is 0 Å². The number of anilines is 1. The van der Waals surface area contributed by atoms with Crippen molar-refractivity contribution < 1.29 is 19.4 Å². The number of carbonyl (C=O) groups is 1. The molecule has 118 valence electrons. The molecule has 0 saturated heterocycles. The highest BCUT2D eigenvalue weighted by Crippen LogP contribution is 2.30. The van der Waals surface area contributed by atoms with E-state index in [-0.39, 0.29) is 37.5 Å². The molecule has 21 heavy (non-hydrogen) atoms. The molecular formula is C15H24N2O4. The standard InChI is InChI=1S/C15H24N2O4/c1-10(2)12(16)9-15(19)17-11-4-5-13(20-3)14(8-11)21-7-6-18/h4-5,8,10,12,18H,6-7,9,16H2,1-3H3,(H,17,19). The molecule has 1 aromatic rings. The molecule has 0 radical (unpaired) electrons. The summed E-state index contributed by atoms with van der Waals surface area (Å²) in [6.45, 7) is 4.02. The molecule has 6 heteroatoms. The quantitative estimate of drug-likeness (QED) is 0.674. The van der Waals surface area contributed by atoms with E-state index in [1.807, 2.05) is 13.8 Å². The minimum atomic E-state index is -0.173. The van der Waals surface area contributed by atoms with E-state index in [9.17, 15) is 4.79 Å². The number of nitrogens with one attached hydrogen (secondary N) is 1. The van der Waals surface area contributed by atoms with E-state index in [0.29, 0.717) is 17.2 Å². The molecule has 0 aliphatic carbocycles. The number of ether oxygens (including phenoxy) is 2. The van der Waals surface area contributed by atoms with Gasteiger partial charge in [-0.2, -0.15) is 0 Å². The molecule has 4 N–H and O–H groups in total. The monoisotopic (exact) mass is 296 g/mol. The fourth-order valence-electron chi connectivity index (χ4n) is 1.68. The molecule has 0 heterocycles. The Morgan fingerprint density at radius 1 is 1.38 bits per heavy atom. The second-order valence-corrected chi connectivity index (χ2v) is 5.10. The lowest BCUT2D eigenvalue weighted by Gasteiger charge is -2.16.